The third-order valence-electron chi connectivity index (χ3n) is 2.65. The average Bonchev–Trinajstić information content (AvgIpc) is 2.86. The molecule has 2 rings (SSSR count). The summed E-state index contributed by atoms with van der Waals surface area (Å²) < 4.78 is 0. The van der Waals surface area contributed by atoms with Crippen molar-refractivity contribution in [3.63, 3.8) is 0 Å². The van der Waals surface area contributed by atoms with Crippen LogP contribution >= 0.6 is 11.3 Å². The van der Waals surface area contributed by atoms with E-state index in [0.29, 0.717) is 4.88 Å². The van der Waals surface area contributed by atoms with Gasteiger partial charge in [0.05, 0.1) is 10.9 Å². The van der Waals surface area contributed by atoms with Crippen molar-refractivity contribution in [1.82, 2.24) is 0 Å². The average molecular weight is 241 g/mol. The minimum absolute atomic E-state index is 0.114. The van der Waals surface area contributed by atoms with Crippen molar-refractivity contribution in [2.24, 2.45) is 0 Å². The van der Waals surface area contributed by atoms with Crippen molar-refractivity contribution in [3.05, 3.63) is 57.8 Å². The molecule has 0 saturated heterocycles. The van der Waals surface area contributed by atoms with Crippen molar-refractivity contribution in [2.75, 3.05) is 0 Å². The molecule has 1 aromatic carbocycles. The highest BCUT2D eigenvalue weighted by molar-refractivity contribution is 7.12. The number of ketones is 1. The van der Waals surface area contributed by atoms with Crippen LogP contribution in [0.2, 0.25) is 0 Å². The zero-order valence-corrected chi connectivity index (χ0v) is 10.2. The zero-order valence-electron chi connectivity index (χ0n) is 9.38. The van der Waals surface area contributed by atoms with E-state index in [-0.39, 0.29) is 5.78 Å². The van der Waals surface area contributed by atoms with Gasteiger partial charge in [-0.05, 0) is 29.5 Å². The molecule has 0 aliphatic rings. The van der Waals surface area contributed by atoms with E-state index in [1.165, 1.54) is 11.3 Å². The van der Waals surface area contributed by atoms with Gasteiger partial charge in [-0.15, -0.1) is 11.3 Å². The van der Waals surface area contributed by atoms with E-state index in [0.717, 1.165) is 11.1 Å². The minimum Gasteiger partial charge on any atom is -0.291 e. The quantitative estimate of drug-likeness (QED) is 0.771. The molecule has 3 heteroatoms. The summed E-state index contributed by atoms with van der Waals surface area (Å²) in [6.07, 6.45) is 0. The van der Waals surface area contributed by atoms with Gasteiger partial charge in [-0.2, -0.15) is 5.26 Å². The Hall–Kier alpha value is -1.92. The van der Waals surface area contributed by atoms with E-state index >= 15 is 0 Å². The van der Waals surface area contributed by atoms with Crippen LogP contribution in [0.15, 0.2) is 41.8 Å². The van der Waals surface area contributed by atoms with Gasteiger partial charge in [-0.3, -0.25) is 4.79 Å². The van der Waals surface area contributed by atoms with Crippen LogP contribution in [0.4, 0.5) is 0 Å². The Labute approximate surface area is 104 Å². The van der Waals surface area contributed by atoms with Crippen LogP contribution in [-0.4, -0.2) is 5.78 Å². The lowest BCUT2D eigenvalue weighted by atomic mass is 9.92. The number of hydrogen-bond acceptors (Lipinski definition) is 3. The van der Waals surface area contributed by atoms with Crippen LogP contribution in [0.25, 0.3) is 0 Å². The van der Waals surface area contributed by atoms with Crippen LogP contribution in [0, 0.1) is 18.3 Å². The molecule has 2 aromatic rings. The predicted molar refractivity (Wildman–Crippen MR) is 68.2 cm³/mol. The summed E-state index contributed by atoms with van der Waals surface area (Å²) >= 11 is 1.37. The lowest BCUT2D eigenvalue weighted by Crippen LogP contribution is -2.11. The first-order valence-electron chi connectivity index (χ1n) is 5.27. The van der Waals surface area contributed by atoms with E-state index in [1.807, 2.05) is 42.6 Å². The molecule has 0 radical (unpaired) electrons. The summed E-state index contributed by atoms with van der Waals surface area (Å²) in [7, 11) is 0. The second kappa shape index (κ2) is 4.94. The van der Waals surface area contributed by atoms with Gasteiger partial charge in [0.1, 0.15) is 5.92 Å². The molecular formula is C14H11NOS. The molecule has 84 valence electrons. The van der Waals surface area contributed by atoms with Gasteiger partial charge in [-0.1, -0.05) is 30.3 Å². The fourth-order valence-corrected chi connectivity index (χ4v) is 2.44. The molecule has 0 aliphatic heterocycles. The van der Waals surface area contributed by atoms with Gasteiger partial charge < -0.3 is 0 Å². The van der Waals surface area contributed by atoms with Crippen molar-refractivity contribution >= 4 is 17.1 Å². The Morgan fingerprint density at radius 1 is 1.29 bits per heavy atom. The number of Topliss-reactive ketones (excluding diaryl/α,β-unsaturated/α-hetero) is 1. The molecule has 17 heavy (non-hydrogen) atoms. The molecule has 1 aromatic heterocycles. The topological polar surface area (TPSA) is 40.9 Å². The van der Waals surface area contributed by atoms with Crippen LogP contribution < -0.4 is 0 Å². The third-order valence-corrected chi connectivity index (χ3v) is 3.54. The number of nitrogens with zero attached hydrogens (tertiary/aromatic N) is 1. The van der Waals surface area contributed by atoms with Crippen LogP contribution in [-0.2, 0) is 0 Å². The SMILES string of the molecule is Cc1ccccc1C(C#N)C(=O)c1cccs1. The largest absolute Gasteiger partial charge is 0.291 e. The Morgan fingerprint density at radius 2 is 2.06 bits per heavy atom. The summed E-state index contributed by atoms with van der Waals surface area (Å²) in [5.41, 5.74) is 1.78. The first-order valence-corrected chi connectivity index (χ1v) is 6.15. The number of thiophene rings is 1. The van der Waals surface area contributed by atoms with E-state index in [2.05, 4.69) is 6.07 Å². The summed E-state index contributed by atoms with van der Waals surface area (Å²) in [5, 5.41) is 11.1. The summed E-state index contributed by atoms with van der Waals surface area (Å²) in [6.45, 7) is 1.92. The molecule has 0 spiro atoms. The highest BCUT2D eigenvalue weighted by Crippen LogP contribution is 2.25. The van der Waals surface area contributed by atoms with Crippen molar-refractivity contribution < 1.29 is 4.79 Å². The molecule has 2 nitrogen and oxygen atoms in total. The summed E-state index contributed by atoms with van der Waals surface area (Å²) in [5.74, 6) is -0.813. The number of carbonyl (C=O) groups excluding carboxylic acids is 1. The van der Waals surface area contributed by atoms with Crippen molar-refractivity contribution in [2.45, 2.75) is 12.8 Å². The van der Waals surface area contributed by atoms with Crippen LogP contribution in [0.5, 0.6) is 0 Å². The van der Waals surface area contributed by atoms with Gasteiger partial charge in [0.25, 0.3) is 0 Å². The molecule has 0 saturated carbocycles. The first-order chi connectivity index (χ1) is 8.24. The normalized spacial score (nSPS) is 11.8. The summed E-state index contributed by atoms with van der Waals surface area (Å²) in [4.78, 5) is 12.8. The molecular weight excluding hydrogens is 230 g/mol. The third kappa shape index (κ3) is 2.27. The zero-order chi connectivity index (χ0) is 12.3. The molecule has 0 bridgehead atoms. The maximum absolute atomic E-state index is 12.2. The Bertz CT molecular complexity index is 566. The van der Waals surface area contributed by atoms with Gasteiger partial charge in [-0.25, -0.2) is 0 Å². The van der Waals surface area contributed by atoms with E-state index < -0.39 is 5.92 Å². The monoisotopic (exact) mass is 241 g/mol. The van der Waals surface area contributed by atoms with E-state index in [4.69, 9.17) is 0 Å². The fourth-order valence-electron chi connectivity index (χ4n) is 1.74. The van der Waals surface area contributed by atoms with Gasteiger partial charge >= 0.3 is 0 Å². The number of aryl methyl sites for hydroxylation is 1. The predicted octanol–water partition coefficient (Wildman–Crippen LogP) is 3.55. The van der Waals surface area contributed by atoms with E-state index in [9.17, 15) is 10.1 Å². The molecule has 0 aliphatic carbocycles. The van der Waals surface area contributed by atoms with Crippen LogP contribution in [0.3, 0.4) is 0 Å². The molecule has 0 N–H and O–H groups in total. The second-order valence-corrected chi connectivity index (χ2v) is 4.71. The fraction of sp³-hybridized carbons (Fsp3) is 0.143. The lowest BCUT2D eigenvalue weighted by Gasteiger charge is -2.09. The maximum Gasteiger partial charge on any atom is 0.194 e. The Morgan fingerprint density at radius 3 is 2.65 bits per heavy atom. The van der Waals surface area contributed by atoms with Crippen molar-refractivity contribution in [1.29, 1.82) is 5.26 Å². The number of carbonyl (C=O) groups is 1. The highest BCUT2D eigenvalue weighted by Gasteiger charge is 2.23. The molecule has 1 unspecified atom stereocenters. The van der Waals surface area contributed by atoms with Gasteiger partial charge in [0.2, 0.25) is 0 Å². The molecule has 1 heterocycles. The van der Waals surface area contributed by atoms with E-state index in [1.54, 1.807) is 6.07 Å². The molecule has 0 fully saturated rings. The number of hydrogen-bond donors (Lipinski definition) is 0. The number of rotatable bonds is 3. The van der Waals surface area contributed by atoms with Crippen LogP contribution in [0.1, 0.15) is 26.7 Å². The Balaban J connectivity index is 2.39. The number of benzene rings is 1. The smallest absolute Gasteiger partial charge is 0.194 e. The van der Waals surface area contributed by atoms with Gasteiger partial charge in [0, 0.05) is 0 Å². The first kappa shape index (κ1) is 11.6. The maximum atomic E-state index is 12.2. The van der Waals surface area contributed by atoms with Crippen molar-refractivity contribution in [3.8, 4) is 6.07 Å². The highest BCUT2D eigenvalue weighted by atomic mass is 32.1. The molecule has 1 atom stereocenters. The lowest BCUT2D eigenvalue weighted by molar-refractivity contribution is 0.0982. The Kier molecular flexibility index (Phi) is 3.36. The second-order valence-electron chi connectivity index (χ2n) is 3.76. The standard InChI is InChI=1S/C14H11NOS/c1-10-5-2-3-6-11(10)12(9-15)14(16)13-7-4-8-17-13/h2-8,12H,1H3. The van der Waals surface area contributed by atoms with Gasteiger partial charge in [0.15, 0.2) is 5.78 Å². The summed E-state index contributed by atoms with van der Waals surface area (Å²) in [6, 6.07) is 13.2. The number of nitriles is 1. The minimum atomic E-state index is -0.699. The molecule has 0 amide bonds.